The van der Waals surface area contributed by atoms with Crippen molar-refractivity contribution in [2.24, 2.45) is 0 Å². The standard InChI is InChI=1S/C26H27FN4O3/c1-16-4-3-5-18(12-16)28-26(34)21-15-31(19-6-7-19)23-14-24(22(27)13-20(23)25(21)33)30-10-8-29(9-11-30)17(2)32/h3-5,12-15,19H,6-11H2,1-2H3,(H,28,34). The van der Waals surface area contributed by atoms with Gasteiger partial charge in [0.2, 0.25) is 11.3 Å². The molecule has 0 atom stereocenters. The zero-order chi connectivity index (χ0) is 24.0. The molecular formula is C26H27FN4O3. The Morgan fingerprint density at radius 3 is 2.44 bits per heavy atom. The lowest BCUT2D eigenvalue weighted by Gasteiger charge is -2.36. The van der Waals surface area contributed by atoms with Gasteiger partial charge in [0.05, 0.1) is 11.2 Å². The number of benzene rings is 2. The third kappa shape index (κ3) is 4.16. The highest BCUT2D eigenvalue weighted by Crippen LogP contribution is 2.38. The SMILES string of the molecule is CC(=O)N1CCN(c2cc3c(cc2F)c(=O)c(C(=O)Nc2cccc(C)c2)cn3C2CC2)CC1. The molecule has 34 heavy (non-hydrogen) atoms. The second kappa shape index (κ2) is 8.59. The molecule has 1 aliphatic heterocycles. The predicted molar refractivity (Wildman–Crippen MR) is 130 cm³/mol. The maximum atomic E-state index is 15.2. The van der Waals surface area contributed by atoms with Crippen LogP contribution in [-0.4, -0.2) is 47.5 Å². The number of hydrogen-bond acceptors (Lipinski definition) is 4. The fraction of sp³-hybridized carbons (Fsp3) is 0.346. The highest BCUT2D eigenvalue weighted by atomic mass is 19.1. The minimum atomic E-state index is -0.503. The lowest BCUT2D eigenvalue weighted by Crippen LogP contribution is -2.48. The van der Waals surface area contributed by atoms with E-state index in [9.17, 15) is 14.4 Å². The van der Waals surface area contributed by atoms with Gasteiger partial charge in [-0.25, -0.2) is 4.39 Å². The van der Waals surface area contributed by atoms with Crippen LogP contribution >= 0.6 is 0 Å². The first-order valence-electron chi connectivity index (χ1n) is 11.6. The highest BCUT2D eigenvalue weighted by molar-refractivity contribution is 6.06. The van der Waals surface area contributed by atoms with E-state index >= 15 is 4.39 Å². The second-order valence-corrected chi connectivity index (χ2v) is 9.15. The largest absolute Gasteiger partial charge is 0.366 e. The van der Waals surface area contributed by atoms with Crippen molar-refractivity contribution in [2.75, 3.05) is 36.4 Å². The van der Waals surface area contributed by atoms with E-state index in [2.05, 4.69) is 5.32 Å². The summed E-state index contributed by atoms with van der Waals surface area (Å²) in [5.41, 5.74) is 2.16. The summed E-state index contributed by atoms with van der Waals surface area (Å²) in [4.78, 5) is 41.6. The molecule has 2 aliphatic rings. The van der Waals surface area contributed by atoms with Crippen LogP contribution < -0.4 is 15.6 Å². The van der Waals surface area contributed by atoms with Crippen molar-refractivity contribution in [1.82, 2.24) is 9.47 Å². The molecule has 0 unspecified atom stereocenters. The maximum absolute atomic E-state index is 15.2. The molecule has 2 fully saturated rings. The van der Waals surface area contributed by atoms with Gasteiger partial charge < -0.3 is 19.7 Å². The average Bonchev–Trinajstić information content (AvgIpc) is 3.65. The van der Waals surface area contributed by atoms with Crippen molar-refractivity contribution in [3.8, 4) is 0 Å². The zero-order valence-electron chi connectivity index (χ0n) is 19.3. The molecule has 0 radical (unpaired) electrons. The van der Waals surface area contributed by atoms with Crippen LogP contribution in [0.4, 0.5) is 15.8 Å². The number of amides is 2. The van der Waals surface area contributed by atoms with Crippen molar-refractivity contribution in [1.29, 1.82) is 0 Å². The van der Waals surface area contributed by atoms with Crippen LogP contribution in [0.5, 0.6) is 0 Å². The van der Waals surface area contributed by atoms with Crippen LogP contribution in [0, 0.1) is 12.7 Å². The first-order valence-corrected chi connectivity index (χ1v) is 11.6. The van der Waals surface area contributed by atoms with Crippen LogP contribution in [0.1, 0.15) is 41.7 Å². The molecule has 0 bridgehead atoms. The number of nitrogens with zero attached hydrogens (tertiary/aromatic N) is 3. The van der Waals surface area contributed by atoms with Gasteiger partial charge in [-0.2, -0.15) is 0 Å². The predicted octanol–water partition coefficient (Wildman–Crippen LogP) is 3.70. The Hall–Kier alpha value is -3.68. The van der Waals surface area contributed by atoms with E-state index in [1.165, 1.54) is 13.0 Å². The van der Waals surface area contributed by atoms with E-state index in [0.717, 1.165) is 18.4 Å². The summed E-state index contributed by atoms with van der Waals surface area (Å²) in [7, 11) is 0. The monoisotopic (exact) mass is 462 g/mol. The van der Waals surface area contributed by atoms with Crippen molar-refractivity contribution < 1.29 is 14.0 Å². The second-order valence-electron chi connectivity index (χ2n) is 9.15. The van der Waals surface area contributed by atoms with Crippen LogP contribution in [0.2, 0.25) is 0 Å². The summed E-state index contributed by atoms with van der Waals surface area (Å²) in [6.07, 6.45) is 3.50. The van der Waals surface area contributed by atoms with Gasteiger partial charge in [-0.3, -0.25) is 14.4 Å². The molecule has 2 amide bonds. The van der Waals surface area contributed by atoms with Crippen molar-refractivity contribution in [3.63, 3.8) is 0 Å². The Balaban J connectivity index is 1.53. The lowest BCUT2D eigenvalue weighted by molar-refractivity contribution is -0.129. The molecule has 1 N–H and O–H groups in total. The molecule has 7 nitrogen and oxygen atoms in total. The topological polar surface area (TPSA) is 74.7 Å². The van der Waals surface area contributed by atoms with Gasteiger partial charge in [0.25, 0.3) is 5.91 Å². The fourth-order valence-corrected chi connectivity index (χ4v) is 4.60. The van der Waals surface area contributed by atoms with Gasteiger partial charge in [0.15, 0.2) is 0 Å². The molecule has 1 aliphatic carbocycles. The van der Waals surface area contributed by atoms with Gasteiger partial charge in [0.1, 0.15) is 11.4 Å². The van der Waals surface area contributed by atoms with Crippen molar-refractivity contribution in [2.45, 2.75) is 32.7 Å². The summed E-state index contributed by atoms with van der Waals surface area (Å²) in [5, 5.41) is 3.00. The Morgan fingerprint density at radius 1 is 1.06 bits per heavy atom. The number of carbonyl (C=O) groups excluding carboxylic acids is 2. The normalized spacial score (nSPS) is 16.1. The Kier molecular flexibility index (Phi) is 5.59. The maximum Gasteiger partial charge on any atom is 0.261 e. The Labute approximate surface area is 196 Å². The van der Waals surface area contributed by atoms with E-state index in [-0.39, 0.29) is 22.9 Å². The summed E-state index contributed by atoms with van der Waals surface area (Å²) in [5.74, 6) is -0.992. The summed E-state index contributed by atoms with van der Waals surface area (Å²) in [6.45, 7) is 5.55. The van der Waals surface area contributed by atoms with Gasteiger partial charge >= 0.3 is 0 Å². The summed E-state index contributed by atoms with van der Waals surface area (Å²) < 4.78 is 17.2. The first-order chi connectivity index (χ1) is 16.3. The molecular weight excluding hydrogens is 435 g/mol. The molecule has 176 valence electrons. The molecule has 5 rings (SSSR count). The molecule has 1 saturated carbocycles. The van der Waals surface area contributed by atoms with E-state index < -0.39 is 17.2 Å². The van der Waals surface area contributed by atoms with E-state index in [1.807, 2.05) is 34.6 Å². The number of hydrogen-bond donors (Lipinski definition) is 1. The van der Waals surface area contributed by atoms with Crippen LogP contribution in [0.15, 0.2) is 47.4 Å². The number of pyridine rings is 1. The third-order valence-corrected chi connectivity index (χ3v) is 6.63. The summed E-state index contributed by atoms with van der Waals surface area (Å²) >= 11 is 0. The van der Waals surface area contributed by atoms with Gasteiger partial charge in [-0.15, -0.1) is 0 Å². The lowest BCUT2D eigenvalue weighted by atomic mass is 10.1. The van der Waals surface area contributed by atoms with E-state index in [4.69, 9.17) is 0 Å². The minimum Gasteiger partial charge on any atom is -0.366 e. The van der Waals surface area contributed by atoms with Crippen molar-refractivity contribution >= 4 is 34.1 Å². The van der Waals surface area contributed by atoms with E-state index in [0.29, 0.717) is 43.1 Å². The average molecular weight is 463 g/mol. The van der Waals surface area contributed by atoms with Gasteiger partial charge in [-0.05, 0) is 49.6 Å². The number of carbonyl (C=O) groups is 2. The third-order valence-electron chi connectivity index (χ3n) is 6.63. The molecule has 0 spiro atoms. The van der Waals surface area contributed by atoms with Gasteiger partial charge in [-0.1, -0.05) is 12.1 Å². The quantitative estimate of drug-likeness (QED) is 0.642. The molecule has 8 heteroatoms. The Bertz CT molecular complexity index is 1350. The minimum absolute atomic E-state index is 0.00290. The molecule has 1 aromatic heterocycles. The zero-order valence-corrected chi connectivity index (χ0v) is 19.3. The van der Waals surface area contributed by atoms with E-state index in [1.54, 1.807) is 23.2 Å². The van der Waals surface area contributed by atoms with Gasteiger partial charge in [0, 0.05) is 56.4 Å². The molecule has 2 aromatic carbocycles. The number of aryl methyl sites for hydroxylation is 1. The number of aromatic nitrogens is 1. The number of rotatable bonds is 4. The van der Waals surface area contributed by atoms with Crippen LogP contribution in [-0.2, 0) is 4.79 Å². The number of anilines is 2. The van der Waals surface area contributed by atoms with Crippen LogP contribution in [0.3, 0.4) is 0 Å². The number of piperazine rings is 1. The van der Waals surface area contributed by atoms with Crippen molar-refractivity contribution in [3.05, 3.63) is 69.8 Å². The summed E-state index contributed by atoms with van der Waals surface area (Å²) in [6, 6.07) is 10.5. The molecule has 2 heterocycles. The van der Waals surface area contributed by atoms with Crippen LogP contribution in [0.25, 0.3) is 10.9 Å². The Morgan fingerprint density at radius 2 is 1.79 bits per heavy atom. The molecule has 1 saturated heterocycles. The highest BCUT2D eigenvalue weighted by Gasteiger charge is 2.29. The number of nitrogens with one attached hydrogen (secondary N) is 1. The molecule has 3 aromatic rings. The smallest absolute Gasteiger partial charge is 0.261 e. The fourth-order valence-electron chi connectivity index (χ4n) is 4.60. The number of halogens is 1. The number of fused-ring (bicyclic) bond motifs is 1. The first kappa shape index (κ1) is 22.1.